The molecule has 0 aromatic heterocycles. The first-order chi connectivity index (χ1) is 8.74. The molecular formula is C13H25N3O2. The van der Waals surface area contributed by atoms with E-state index in [1.54, 1.807) is 0 Å². The van der Waals surface area contributed by atoms with Gasteiger partial charge in [0.1, 0.15) is 0 Å². The van der Waals surface area contributed by atoms with Crippen LogP contribution in [0, 0.1) is 0 Å². The second-order valence-electron chi connectivity index (χ2n) is 5.41. The van der Waals surface area contributed by atoms with Gasteiger partial charge < -0.3 is 15.4 Å². The van der Waals surface area contributed by atoms with Crippen LogP contribution in [-0.2, 0) is 4.74 Å². The molecule has 5 nitrogen and oxygen atoms in total. The number of carbonyl (C=O) groups is 1. The van der Waals surface area contributed by atoms with Crippen LogP contribution >= 0.6 is 0 Å². The predicted octanol–water partition coefficient (Wildman–Crippen LogP) is 0.949. The Bertz CT molecular complexity index is 261. The van der Waals surface area contributed by atoms with Crippen molar-refractivity contribution >= 4 is 6.03 Å². The van der Waals surface area contributed by atoms with Gasteiger partial charge in [0.25, 0.3) is 0 Å². The van der Waals surface area contributed by atoms with E-state index in [4.69, 9.17) is 4.74 Å². The molecule has 1 atom stereocenters. The van der Waals surface area contributed by atoms with Crippen LogP contribution < -0.4 is 10.6 Å². The number of rotatable bonds is 4. The summed E-state index contributed by atoms with van der Waals surface area (Å²) in [5, 5.41) is 6.08. The van der Waals surface area contributed by atoms with E-state index in [-0.39, 0.29) is 12.1 Å². The van der Waals surface area contributed by atoms with Crippen molar-refractivity contribution in [3.8, 4) is 0 Å². The van der Waals surface area contributed by atoms with Crippen LogP contribution in [0.3, 0.4) is 0 Å². The largest absolute Gasteiger partial charge is 0.379 e. The number of nitrogens with one attached hydrogen (secondary N) is 2. The average molecular weight is 255 g/mol. The van der Waals surface area contributed by atoms with E-state index >= 15 is 0 Å². The van der Waals surface area contributed by atoms with Gasteiger partial charge in [-0.15, -0.1) is 0 Å². The fourth-order valence-electron chi connectivity index (χ4n) is 2.74. The van der Waals surface area contributed by atoms with Gasteiger partial charge in [-0.3, -0.25) is 4.90 Å². The summed E-state index contributed by atoms with van der Waals surface area (Å²) in [4.78, 5) is 14.1. The van der Waals surface area contributed by atoms with Gasteiger partial charge in [-0.25, -0.2) is 4.79 Å². The number of nitrogens with zero attached hydrogens (tertiary/aromatic N) is 1. The molecule has 1 aliphatic heterocycles. The van der Waals surface area contributed by atoms with Gasteiger partial charge in [0, 0.05) is 31.7 Å². The normalized spacial score (nSPS) is 23.8. The second-order valence-corrected chi connectivity index (χ2v) is 5.41. The van der Waals surface area contributed by atoms with Crippen LogP contribution in [0.25, 0.3) is 0 Å². The Hall–Kier alpha value is -0.810. The quantitative estimate of drug-likeness (QED) is 0.786. The monoisotopic (exact) mass is 255 g/mol. The topological polar surface area (TPSA) is 53.6 Å². The maximum absolute atomic E-state index is 11.8. The molecule has 1 saturated heterocycles. The van der Waals surface area contributed by atoms with Crippen molar-refractivity contribution in [3.05, 3.63) is 0 Å². The Morgan fingerprint density at radius 1 is 1.33 bits per heavy atom. The minimum Gasteiger partial charge on any atom is -0.379 e. The molecule has 0 radical (unpaired) electrons. The lowest BCUT2D eigenvalue weighted by atomic mass is 10.2. The minimum atomic E-state index is -0.0114. The van der Waals surface area contributed by atoms with Crippen molar-refractivity contribution in [2.45, 2.75) is 44.7 Å². The van der Waals surface area contributed by atoms with Gasteiger partial charge in [0.2, 0.25) is 0 Å². The molecule has 0 aromatic carbocycles. The smallest absolute Gasteiger partial charge is 0.315 e. The lowest BCUT2D eigenvalue weighted by Crippen LogP contribution is -2.50. The zero-order valence-corrected chi connectivity index (χ0v) is 11.3. The summed E-state index contributed by atoms with van der Waals surface area (Å²) >= 11 is 0. The molecule has 1 saturated carbocycles. The summed E-state index contributed by atoms with van der Waals surface area (Å²) < 4.78 is 5.31. The van der Waals surface area contributed by atoms with E-state index in [1.165, 1.54) is 12.8 Å². The highest BCUT2D eigenvalue weighted by Gasteiger charge is 2.19. The van der Waals surface area contributed by atoms with Gasteiger partial charge in [0.05, 0.1) is 13.2 Å². The molecule has 2 fully saturated rings. The van der Waals surface area contributed by atoms with Crippen LogP contribution in [0.15, 0.2) is 0 Å². The lowest BCUT2D eigenvalue weighted by Gasteiger charge is -2.29. The highest BCUT2D eigenvalue weighted by Crippen LogP contribution is 2.17. The lowest BCUT2D eigenvalue weighted by molar-refractivity contribution is 0.0349. The summed E-state index contributed by atoms with van der Waals surface area (Å²) in [7, 11) is 0. The number of urea groups is 1. The molecule has 2 rings (SSSR count). The summed E-state index contributed by atoms with van der Waals surface area (Å²) in [6, 6.07) is 0.563. The molecule has 1 unspecified atom stereocenters. The first-order valence-corrected chi connectivity index (χ1v) is 7.11. The second kappa shape index (κ2) is 6.95. The molecular weight excluding hydrogens is 230 g/mol. The molecule has 0 bridgehead atoms. The standard InChI is InChI=1S/C13H25N3O2/c1-11(10-16-6-8-18-9-7-16)14-13(17)15-12-4-2-3-5-12/h11-12H,2-10H2,1H3,(H2,14,15,17). The Labute approximate surface area is 109 Å². The summed E-state index contributed by atoms with van der Waals surface area (Å²) in [6.45, 7) is 6.51. The number of hydrogen-bond acceptors (Lipinski definition) is 3. The van der Waals surface area contributed by atoms with Crippen molar-refractivity contribution in [2.24, 2.45) is 0 Å². The Kier molecular flexibility index (Phi) is 5.26. The molecule has 0 aromatic rings. The van der Waals surface area contributed by atoms with Crippen LogP contribution in [-0.4, -0.2) is 55.9 Å². The van der Waals surface area contributed by atoms with Crippen molar-refractivity contribution in [1.29, 1.82) is 0 Å². The fourth-order valence-corrected chi connectivity index (χ4v) is 2.74. The third kappa shape index (κ3) is 4.46. The van der Waals surface area contributed by atoms with E-state index in [0.717, 1.165) is 45.7 Å². The van der Waals surface area contributed by atoms with E-state index in [0.29, 0.717) is 6.04 Å². The molecule has 1 aliphatic carbocycles. The summed E-state index contributed by atoms with van der Waals surface area (Å²) in [5.74, 6) is 0. The first kappa shape index (κ1) is 13.6. The molecule has 1 heterocycles. The third-order valence-corrected chi connectivity index (χ3v) is 3.70. The van der Waals surface area contributed by atoms with Gasteiger partial charge in [-0.05, 0) is 19.8 Å². The van der Waals surface area contributed by atoms with E-state index in [2.05, 4.69) is 22.5 Å². The molecule has 0 spiro atoms. The Morgan fingerprint density at radius 3 is 2.67 bits per heavy atom. The van der Waals surface area contributed by atoms with E-state index in [1.807, 2.05) is 0 Å². The van der Waals surface area contributed by atoms with Gasteiger partial charge in [-0.1, -0.05) is 12.8 Å². The molecule has 2 N–H and O–H groups in total. The average Bonchev–Trinajstić information content (AvgIpc) is 2.82. The molecule has 2 amide bonds. The van der Waals surface area contributed by atoms with Crippen molar-refractivity contribution < 1.29 is 9.53 Å². The van der Waals surface area contributed by atoms with Crippen LogP contribution in [0.4, 0.5) is 4.79 Å². The Morgan fingerprint density at radius 2 is 2.00 bits per heavy atom. The van der Waals surface area contributed by atoms with E-state index in [9.17, 15) is 4.79 Å². The van der Waals surface area contributed by atoms with Gasteiger partial charge >= 0.3 is 6.03 Å². The minimum absolute atomic E-state index is 0.0114. The van der Waals surface area contributed by atoms with Crippen LogP contribution in [0.2, 0.25) is 0 Å². The number of hydrogen-bond donors (Lipinski definition) is 2. The Balaban J connectivity index is 1.62. The maximum atomic E-state index is 11.8. The molecule has 5 heteroatoms. The van der Waals surface area contributed by atoms with E-state index < -0.39 is 0 Å². The zero-order valence-electron chi connectivity index (χ0n) is 11.3. The van der Waals surface area contributed by atoms with Crippen molar-refractivity contribution in [2.75, 3.05) is 32.8 Å². The molecule has 18 heavy (non-hydrogen) atoms. The van der Waals surface area contributed by atoms with Crippen molar-refractivity contribution in [1.82, 2.24) is 15.5 Å². The number of ether oxygens (including phenoxy) is 1. The zero-order chi connectivity index (χ0) is 12.8. The number of morpholine rings is 1. The highest BCUT2D eigenvalue weighted by atomic mass is 16.5. The van der Waals surface area contributed by atoms with Gasteiger partial charge in [-0.2, -0.15) is 0 Å². The number of carbonyl (C=O) groups excluding carboxylic acids is 1. The predicted molar refractivity (Wildman–Crippen MR) is 70.6 cm³/mol. The third-order valence-electron chi connectivity index (χ3n) is 3.70. The summed E-state index contributed by atoms with van der Waals surface area (Å²) in [5.41, 5.74) is 0. The van der Waals surface area contributed by atoms with Crippen LogP contribution in [0.5, 0.6) is 0 Å². The number of amides is 2. The van der Waals surface area contributed by atoms with Crippen LogP contribution in [0.1, 0.15) is 32.6 Å². The SMILES string of the molecule is CC(CN1CCOCC1)NC(=O)NC1CCCC1. The highest BCUT2D eigenvalue weighted by molar-refractivity contribution is 5.74. The summed E-state index contributed by atoms with van der Waals surface area (Å²) in [6.07, 6.45) is 4.75. The maximum Gasteiger partial charge on any atom is 0.315 e. The first-order valence-electron chi connectivity index (χ1n) is 7.11. The van der Waals surface area contributed by atoms with Crippen molar-refractivity contribution in [3.63, 3.8) is 0 Å². The molecule has 2 aliphatic rings. The molecule has 104 valence electrons. The fraction of sp³-hybridized carbons (Fsp3) is 0.923. The van der Waals surface area contributed by atoms with Gasteiger partial charge in [0.15, 0.2) is 0 Å².